The van der Waals surface area contributed by atoms with Crippen LogP contribution < -0.4 is 9.47 Å². The number of amides is 1. The molecule has 32 heavy (non-hydrogen) atoms. The zero-order valence-corrected chi connectivity index (χ0v) is 19.1. The topological polar surface area (TPSA) is 80.6 Å². The Balaban J connectivity index is 1.62. The van der Waals surface area contributed by atoms with E-state index in [2.05, 4.69) is 21.0 Å². The normalized spacial score (nSPS) is 15.2. The number of benzene rings is 3. The third kappa shape index (κ3) is 4.55. The lowest BCUT2D eigenvalue weighted by Gasteiger charge is -2.20. The van der Waals surface area contributed by atoms with E-state index in [0.717, 1.165) is 10.0 Å². The van der Waals surface area contributed by atoms with Gasteiger partial charge in [-0.3, -0.25) is 4.79 Å². The largest absolute Gasteiger partial charge is 0.507 e. The van der Waals surface area contributed by atoms with E-state index in [1.54, 1.807) is 12.1 Å². The summed E-state index contributed by atoms with van der Waals surface area (Å²) in [4.78, 5) is 12.3. The first kappa shape index (κ1) is 21.7. The fourth-order valence-corrected chi connectivity index (χ4v) is 3.51. The van der Waals surface area contributed by atoms with Crippen molar-refractivity contribution in [3.8, 4) is 17.2 Å². The molecule has 1 aliphatic heterocycles. The lowest BCUT2D eigenvalue weighted by Crippen LogP contribution is -2.25. The SMILES string of the molecule is COc1ccc(O)c([C@H]2OC(c3ccccc3OCc3ccc(Br)cc3)=NN2C(C)=O)c1. The number of hydrogen-bond acceptors (Lipinski definition) is 6. The van der Waals surface area contributed by atoms with Gasteiger partial charge < -0.3 is 19.3 Å². The third-order valence-electron chi connectivity index (χ3n) is 4.89. The highest BCUT2D eigenvalue weighted by Gasteiger charge is 2.36. The molecule has 164 valence electrons. The summed E-state index contributed by atoms with van der Waals surface area (Å²) in [6, 6.07) is 19.9. The van der Waals surface area contributed by atoms with Crippen LogP contribution in [0.4, 0.5) is 0 Å². The number of methoxy groups -OCH3 is 1. The molecule has 0 spiro atoms. The van der Waals surface area contributed by atoms with Crippen molar-refractivity contribution in [2.24, 2.45) is 5.10 Å². The van der Waals surface area contributed by atoms with E-state index in [1.807, 2.05) is 48.5 Å². The zero-order chi connectivity index (χ0) is 22.7. The minimum absolute atomic E-state index is 0.0294. The molecule has 0 radical (unpaired) electrons. The molecule has 8 heteroatoms. The van der Waals surface area contributed by atoms with Crippen molar-refractivity contribution in [2.75, 3.05) is 7.11 Å². The van der Waals surface area contributed by atoms with Gasteiger partial charge in [0.2, 0.25) is 18.0 Å². The summed E-state index contributed by atoms with van der Waals surface area (Å²) in [5, 5.41) is 15.9. The molecule has 1 heterocycles. The molecule has 0 fully saturated rings. The minimum Gasteiger partial charge on any atom is -0.507 e. The van der Waals surface area contributed by atoms with E-state index < -0.39 is 6.23 Å². The molecule has 0 aromatic heterocycles. The van der Waals surface area contributed by atoms with Gasteiger partial charge in [0, 0.05) is 11.4 Å². The predicted octanol–water partition coefficient (Wildman–Crippen LogP) is 4.98. The van der Waals surface area contributed by atoms with Crippen LogP contribution in [0.5, 0.6) is 17.2 Å². The second-order valence-electron chi connectivity index (χ2n) is 7.07. The standard InChI is InChI=1S/C24H21BrN2O5/c1-15(28)27-24(20-13-18(30-2)11-12-21(20)29)32-23(26-27)19-5-3-4-6-22(19)31-14-16-7-9-17(25)10-8-16/h3-13,24,29H,14H2,1-2H3/t24-/m1/s1. The maximum atomic E-state index is 12.3. The Hall–Kier alpha value is -3.52. The highest BCUT2D eigenvalue weighted by Crippen LogP contribution is 2.38. The van der Waals surface area contributed by atoms with Gasteiger partial charge in [-0.25, -0.2) is 0 Å². The summed E-state index contributed by atoms with van der Waals surface area (Å²) < 4.78 is 18.3. The van der Waals surface area contributed by atoms with Crippen LogP contribution in [-0.4, -0.2) is 29.0 Å². The summed E-state index contributed by atoms with van der Waals surface area (Å²) in [5.74, 6) is 0.947. The lowest BCUT2D eigenvalue weighted by atomic mass is 10.1. The quantitative estimate of drug-likeness (QED) is 0.520. The van der Waals surface area contributed by atoms with Crippen molar-refractivity contribution in [2.45, 2.75) is 19.8 Å². The number of aromatic hydroxyl groups is 1. The van der Waals surface area contributed by atoms with Gasteiger partial charge in [0.15, 0.2) is 0 Å². The van der Waals surface area contributed by atoms with Gasteiger partial charge in [-0.15, -0.1) is 5.10 Å². The van der Waals surface area contributed by atoms with Crippen molar-refractivity contribution in [1.29, 1.82) is 0 Å². The number of halogens is 1. The fourth-order valence-electron chi connectivity index (χ4n) is 3.25. The van der Waals surface area contributed by atoms with E-state index in [9.17, 15) is 9.90 Å². The monoisotopic (exact) mass is 496 g/mol. The Morgan fingerprint density at radius 2 is 1.91 bits per heavy atom. The van der Waals surface area contributed by atoms with Crippen LogP contribution in [0.25, 0.3) is 0 Å². The summed E-state index contributed by atoms with van der Waals surface area (Å²) >= 11 is 3.42. The fraction of sp³-hybridized carbons (Fsp3) is 0.167. The number of hydrogen-bond donors (Lipinski definition) is 1. The molecule has 0 unspecified atom stereocenters. The molecule has 3 aromatic carbocycles. The van der Waals surface area contributed by atoms with Crippen molar-refractivity contribution < 1.29 is 24.1 Å². The highest BCUT2D eigenvalue weighted by atomic mass is 79.9. The number of carbonyl (C=O) groups excluding carboxylic acids is 1. The average Bonchev–Trinajstić information content (AvgIpc) is 3.25. The summed E-state index contributed by atoms with van der Waals surface area (Å²) in [6.45, 7) is 1.74. The van der Waals surface area contributed by atoms with Crippen LogP contribution in [-0.2, 0) is 16.1 Å². The van der Waals surface area contributed by atoms with Crippen molar-refractivity contribution >= 4 is 27.7 Å². The molecule has 0 aliphatic carbocycles. The van der Waals surface area contributed by atoms with E-state index in [0.29, 0.717) is 29.2 Å². The van der Waals surface area contributed by atoms with Gasteiger partial charge in [0.05, 0.1) is 18.2 Å². The highest BCUT2D eigenvalue weighted by molar-refractivity contribution is 9.10. The van der Waals surface area contributed by atoms with Crippen LogP contribution in [0.15, 0.2) is 76.3 Å². The Morgan fingerprint density at radius 3 is 2.62 bits per heavy atom. The van der Waals surface area contributed by atoms with E-state index in [1.165, 1.54) is 25.1 Å². The summed E-state index contributed by atoms with van der Waals surface area (Å²) in [7, 11) is 1.52. The van der Waals surface area contributed by atoms with Crippen LogP contribution in [0, 0.1) is 0 Å². The number of carbonyl (C=O) groups is 1. The first-order valence-corrected chi connectivity index (χ1v) is 10.6. The molecule has 4 rings (SSSR count). The number of phenols is 1. The molecular weight excluding hydrogens is 476 g/mol. The molecule has 0 bridgehead atoms. The number of nitrogens with zero attached hydrogens (tertiary/aromatic N) is 2. The molecular formula is C24H21BrN2O5. The summed E-state index contributed by atoms with van der Waals surface area (Å²) in [6.07, 6.45) is -0.933. The maximum Gasteiger partial charge on any atom is 0.244 e. The molecule has 1 atom stereocenters. The van der Waals surface area contributed by atoms with Crippen LogP contribution in [0.1, 0.15) is 29.8 Å². The van der Waals surface area contributed by atoms with Gasteiger partial charge in [-0.05, 0) is 48.0 Å². The van der Waals surface area contributed by atoms with Gasteiger partial charge in [-0.1, -0.05) is 40.2 Å². The number of ether oxygens (including phenoxy) is 3. The first-order valence-electron chi connectivity index (χ1n) is 9.85. The maximum absolute atomic E-state index is 12.3. The Labute approximate surface area is 194 Å². The lowest BCUT2D eigenvalue weighted by molar-refractivity contribution is -0.135. The number of phenolic OH excluding ortho intramolecular Hbond substituents is 1. The molecule has 1 aliphatic rings. The molecule has 1 N–H and O–H groups in total. The predicted molar refractivity (Wildman–Crippen MR) is 122 cm³/mol. The Bertz CT molecular complexity index is 1160. The Morgan fingerprint density at radius 1 is 1.16 bits per heavy atom. The summed E-state index contributed by atoms with van der Waals surface area (Å²) in [5.41, 5.74) is 1.97. The van der Waals surface area contributed by atoms with Crippen LogP contribution in [0.2, 0.25) is 0 Å². The van der Waals surface area contributed by atoms with Crippen LogP contribution >= 0.6 is 15.9 Å². The molecule has 7 nitrogen and oxygen atoms in total. The number of hydrazone groups is 1. The molecule has 3 aromatic rings. The van der Waals surface area contributed by atoms with Gasteiger partial charge in [0.1, 0.15) is 23.9 Å². The van der Waals surface area contributed by atoms with E-state index >= 15 is 0 Å². The Kier molecular flexibility index (Phi) is 6.32. The van der Waals surface area contributed by atoms with Gasteiger partial charge >= 0.3 is 0 Å². The van der Waals surface area contributed by atoms with Gasteiger partial charge in [-0.2, -0.15) is 5.01 Å². The molecule has 0 saturated heterocycles. The van der Waals surface area contributed by atoms with E-state index in [4.69, 9.17) is 14.2 Å². The van der Waals surface area contributed by atoms with Crippen molar-refractivity contribution in [1.82, 2.24) is 5.01 Å². The zero-order valence-electron chi connectivity index (χ0n) is 17.5. The third-order valence-corrected chi connectivity index (χ3v) is 5.42. The molecule has 1 amide bonds. The van der Waals surface area contributed by atoms with Crippen molar-refractivity contribution in [3.63, 3.8) is 0 Å². The van der Waals surface area contributed by atoms with Gasteiger partial charge in [0.25, 0.3) is 0 Å². The minimum atomic E-state index is -0.933. The van der Waals surface area contributed by atoms with Crippen molar-refractivity contribution in [3.05, 3.63) is 87.9 Å². The van der Waals surface area contributed by atoms with Crippen LogP contribution in [0.3, 0.4) is 0 Å². The molecule has 0 saturated carbocycles. The second-order valence-corrected chi connectivity index (χ2v) is 7.99. The number of rotatable bonds is 6. The second kappa shape index (κ2) is 9.32. The first-order chi connectivity index (χ1) is 15.5. The smallest absolute Gasteiger partial charge is 0.244 e. The average molecular weight is 497 g/mol. The number of para-hydroxylation sites is 1. The van der Waals surface area contributed by atoms with E-state index in [-0.39, 0.29) is 17.6 Å².